The highest BCUT2D eigenvalue weighted by molar-refractivity contribution is 5.82. The minimum Gasteiger partial charge on any atom is -0.497 e. The summed E-state index contributed by atoms with van der Waals surface area (Å²) in [7, 11) is 3.08. The van der Waals surface area contributed by atoms with Gasteiger partial charge in [0.1, 0.15) is 11.5 Å². The molecule has 1 aliphatic rings. The average Bonchev–Trinajstić information content (AvgIpc) is 2.53. The lowest BCUT2D eigenvalue weighted by atomic mass is 9.84. The molecular formula is C16H21NO5. The molecule has 1 heterocycles. The van der Waals surface area contributed by atoms with Gasteiger partial charge in [-0.3, -0.25) is 9.59 Å². The molecule has 2 atom stereocenters. The van der Waals surface area contributed by atoms with Gasteiger partial charge in [0.25, 0.3) is 0 Å². The lowest BCUT2D eigenvalue weighted by molar-refractivity contribution is -0.151. The molecule has 6 heteroatoms. The Morgan fingerprint density at radius 1 is 1.36 bits per heavy atom. The monoisotopic (exact) mass is 307 g/mol. The number of hydrogen-bond donors (Lipinski definition) is 1. The molecule has 0 aromatic heterocycles. The van der Waals surface area contributed by atoms with Gasteiger partial charge in [-0.2, -0.15) is 0 Å². The normalized spacial score (nSPS) is 21.6. The first kappa shape index (κ1) is 16.1. The van der Waals surface area contributed by atoms with Crippen LogP contribution in [0.3, 0.4) is 0 Å². The smallest absolute Gasteiger partial charge is 0.308 e. The number of amides is 1. The van der Waals surface area contributed by atoms with E-state index in [4.69, 9.17) is 9.47 Å². The molecule has 120 valence electrons. The third-order valence-electron chi connectivity index (χ3n) is 4.12. The number of aliphatic carboxylic acids is 1. The van der Waals surface area contributed by atoms with Crippen LogP contribution in [0.1, 0.15) is 31.4 Å². The van der Waals surface area contributed by atoms with Crippen molar-refractivity contribution >= 4 is 11.9 Å². The standard InChI is InChI=1S/C16H21NO5/c1-4-17-14(18)8-6-11(16(19)20)15(17)12-9-10(21-2)5-7-13(12)22-3/h5,7,9,11,15H,4,6,8H2,1-3H3,(H,19,20)/t11-,15+/m1/s1. The number of benzene rings is 1. The second-order valence-corrected chi connectivity index (χ2v) is 5.22. The van der Waals surface area contributed by atoms with E-state index in [0.717, 1.165) is 0 Å². The van der Waals surface area contributed by atoms with Gasteiger partial charge in [-0.15, -0.1) is 0 Å². The van der Waals surface area contributed by atoms with Crippen LogP contribution in [-0.2, 0) is 9.59 Å². The van der Waals surface area contributed by atoms with Crippen molar-refractivity contribution in [1.29, 1.82) is 0 Å². The molecule has 22 heavy (non-hydrogen) atoms. The molecule has 1 aromatic carbocycles. The summed E-state index contributed by atoms with van der Waals surface area (Å²) in [6.07, 6.45) is 0.587. The van der Waals surface area contributed by atoms with Crippen LogP contribution in [0.25, 0.3) is 0 Å². The van der Waals surface area contributed by atoms with Crippen LogP contribution in [0.5, 0.6) is 11.5 Å². The minimum absolute atomic E-state index is 0.0325. The number of nitrogens with zero attached hydrogens (tertiary/aromatic N) is 1. The zero-order valence-corrected chi connectivity index (χ0v) is 13.0. The van der Waals surface area contributed by atoms with Crippen LogP contribution in [0.15, 0.2) is 18.2 Å². The molecule has 1 fully saturated rings. The van der Waals surface area contributed by atoms with E-state index in [0.29, 0.717) is 30.0 Å². The molecule has 0 spiro atoms. The van der Waals surface area contributed by atoms with E-state index in [1.54, 1.807) is 30.2 Å². The van der Waals surface area contributed by atoms with Crippen molar-refractivity contribution in [3.8, 4) is 11.5 Å². The van der Waals surface area contributed by atoms with Crippen molar-refractivity contribution in [2.75, 3.05) is 20.8 Å². The number of carboxylic acids is 1. The number of piperidine rings is 1. The van der Waals surface area contributed by atoms with E-state index in [1.165, 1.54) is 7.11 Å². The molecule has 1 N–H and O–H groups in total. The predicted octanol–water partition coefficient (Wildman–Crippen LogP) is 2.09. The Hall–Kier alpha value is -2.24. The fourth-order valence-corrected chi connectivity index (χ4v) is 3.04. The van der Waals surface area contributed by atoms with Crippen molar-refractivity contribution in [2.24, 2.45) is 5.92 Å². The fourth-order valence-electron chi connectivity index (χ4n) is 3.04. The van der Waals surface area contributed by atoms with Crippen LogP contribution in [0.4, 0.5) is 0 Å². The number of rotatable bonds is 5. The van der Waals surface area contributed by atoms with E-state index in [2.05, 4.69) is 0 Å². The highest BCUT2D eigenvalue weighted by Gasteiger charge is 2.41. The van der Waals surface area contributed by atoms with E-state index in [1.807, 2.05) is 6.92 Å². The Kier molecular flexibility index (Phi) is 4.90. The molecule has 1 amide bonds. The number of ether oxygens (including phenoxy) is 2. The molecule has 1 aromatic rings. The van der Waals surface area contributed by atoms with Gasteiger partial charge >= 0.3 is 5.97 Å². The van der Waals surface area contributed by atoms with Gasteiger partial charge in [0.15, 0.2) is 0 Å². The molecule has 2 rings (SSSR count). The van der Waals surface area contributed by atoms with Gasteiger partial charge in [0.05, 0.1) is 26.2 Å². The number of likely N-dealkylation sites (tertiary alicyclic amines) is 1. The van der Waals surface area contributed by atoms with Gasteiger partial charge in [-0.1, -0.05) is 0 Å². The SMILES string of the molecule is CCN1C(=O)CC[C@@H](C(=O)O)[C@H]1c1cc(OC)ccc1OC. The molecule has 0 aliphatic carbocycles. The second kappa shape index (κ2) is 6.68. The Morgan fingerprint density at radius 3 is 2.64 bits per heavy atom. The Bertz CT molecular complexity index is 570. The van der Waals surface area contributed by atoms with Crippen molar-refractivity contribution in [1.82, 2.24) is 4.90 Å². The third kappa shape index (κ3) is 2.86. The lowest BCUT2D eigenvalue weighted by Gasteiger charge is -2.39. The zero-order valence-electron chi connectivity index (χ0n) is 13.0. The third-order valence-corrected chi connectivity index (χ3v) is 4.12. The van der Waals surface area contributed by atoms with E-state index < -0.39 is 17.9 Å². The maximum atomic E-state index is 12.2. The first-order chi connectivity index (χ1) is 10.5. The summed E-state index contributed by atoms with van der Waals surface area (Å²) in [6, 6.07) is 4.69. The first-order valence-electron chi connectivity index (χ1n) is 7.27. The van der Waals surface area contributed by atoms with Crippen molar-refractivity contribution in [2.45, 2.75) is 25.8 Å². The molecule has 0 saturated carbocycles. The van der Waals surface area contributed by atoms with Gasteiger partial charge in [-0.05, 0) is 31.5 Å². The topological polar surface area (TPSA) is 76.1 Å². The molecular weight excluding hydrogens is 286 g/mol. The number of carbonyl (C=O) groups excluding carboxylic acids is 1. The largest absolute Gasteiger partial charge is 0.497 e. The lowest BCUT2D eigenvalue weighted by Crippen LogP contribution is -2.45. The molecule has 1 saturated heterocycles. The van der Waals surface area contributed by atoms with Crippen molar-refractivity contribution in [3.05, 3.63) is 23.8 Å². The van der Waals surface area contributed by atoms with E-state index >= 15 is 0 Å². The van der Waals surface area contributed by atoms with E-state index in [-0.39, 0.29) is 12.3 Å². The van der Waals surface area contributed by atoms with Gasteiger partial charge < -0.3 is 19.5 Å². The Labute approximate surface area is 129 Å². The number of carbonyl (C=O) groups is 2. The van der Waals surface area contributed by atoms with Gasteiger partial charge in [0, 0.05) is 18.5 Å². The summed E-state index contributed by atoms with van der Waals surface area (Å²) < 4.78 is 10.6. The summed E-state index contributed by atoms with van der Waals surface area (Å²) in [5, 5.41) is 9.55. The molecule has 6 nitrogen and oxygen atoms in total. The van der Waals surface area contributed by atoms with Crippen LogP contribution in [0.2, 0.25) is 0 Å². The Balaban J connectivity index is 2.56. The van der Waals surface area contributed by atoms with Crippen LogP contribution in [0, 0.1) is 5.92 Å². The highest BCUT2D eigenvalue weighted by Crippen LogP contribution is 2.41. The first-order valence-corrected chi connectivity index (χ1v) is 7.27. The quantitative estimate of drug-likeness (QED) is 0.901. The highest BCUT2D eigenvalue weighted by atomic mass is 16.5. The number of methoxy groups -OCH3 is 2. The van der Waals surface area contributed by atoms with Crippen LogP contribution >= 0.6 is 0 Å². The second-order valence-electron chi connectivity index (χ2n) is 5.22. The Morgan fingerprint density at radius 2 is 2.09 bits per heavy atom. The van der Waals surface area contributed by atoms with Gasteiger partial charge in [0.2, 0.25) is 5.91 Å². The molecule has 0 unspecified atom stereocenters. The fraction of sp³-hybridized carbons (Fsp3) is 0.500. The minimum atomic E-state index is -0.902. The van der Waals surface area contributed by atoms with Crippen LogP contribution < -0.4 is 9.47 Å². The van der Waals surface area contributed by atoms with Gasteiger partial charge in [-0.25, -0.2) is 0 Å². The molecule has 0 radical (unpaired) electrons. The number of hydrogen-bond acceptors (Lipinski definition) is 4. The van der Waals surface area contributed by atoms with E-state index in [9.17, 15) is 14.7 Å². The predicted molar refractivity (Wildman–Crippen MR) is 80.0 cm³/mol. The summed E-state index contributed by atoms with van der Waals surface area (Å²) in [6.45, 7) is 2.30. The van der Waals surface area contributed by atoms with Crippen molar-refractivity contribution in [3.63, 3.8) is 0 Å². The zero-order chi connectivity index (χ0) is 16.3. The summed E-state index contributed by atoms with van der Waals surface area (Å²) >= 11 is 0. The number of carboxylic acid groups (broad SMARTS) is 1. The maximum Gasteiger partial charge on any atom is 0.308 e. The average molecular weight is 307 g/mol. The maximum absolute atomic E-state index is 12.2. The summed E-state index contributed by atoms with van der Waals surface area (Å²) in [5.74, 6) is -0.423. The summed E-state index contributed by atoms with van der Waals surface area (Å²) in [4.78, 5) is 25.5. The molecule has 1 aliphatic heterocycles. The van der Waals surface area contributed by atoms with Crippen molar-refractivity contribution < 1.29 is 24.2 Å². The summed E-state index contributed by atoms with van der Waals surface area (Å²) in [5.41, 5.74) is 0.671. The van der Waals surface area contributed by atoms with Crippen LogP contribution in [-0.4, -0.2) is 42.6 Å². The molecule has 0 bridgehead atoms.